The minimum Gasteiger partial charge on any atom is -0.458 e. The van der Waals surface area contributed by atoms with E-state index in [9.17, 15) is 0 Å². The molecule has 2 aromatic heterocycles. The molecular formula is C12H14BrN3O. The van der Waals surface area contributed by atoms with E-state index in [0.717, 1.165) is 15.9 Å². The van der Waals surface area contributed by atoms with Gasteiger partial charge in [-0.15, -0.1) is 0 Å². The van der Waals surface area contributed by atoms with Crippen molar-refractivity contribution in [3.63, 3.8) is 0 Å². The molecule has 0 amide bonds. The zero-order valence-corrected chi connectivity index (χ0v) is 11.6. The van der Waals surface area contributed by atoms with Crippen LogP contribution in [0.25, 0.3) is 11.6 Å². The van der Waals surface area contributed by atoms with Crippen LogP contribution >= 0.6 is 15.9 Å². The van der Waals surface area contributed by atoms with E-state index < -0.39 is 0 Å². The summed E-state index contributed by atoms with van der Waals surface area (Å²) in [7, 11) is 0. The first-order valence-electron chi connectivity index (χ1n) is 5.38. The molecule has 0 saturated carbocycles. The number of nitrogen functional groups attached to an aromatic ring is 1. The molecule has 17 heavy (non-hydrogen) atoms. The Balaban J connectivity index is 2.56. The quantitative estimate of drug-likeness (QED) is 0.921. The van der Waals surface area contributed by atoms with E-state index in [1.54, 1.807) is 0 Å². The Bertz CT molecular complexity index is 549. The second-order valence-corrected chi connectivity index (χ2v) is 4.99. The predicted molar refractivity (Wildman–Crippen MR) is 70.7 cm³/mol. The molecule has 0 aliphatic rings. The molecule has 90 valence electrons. The normalized spacial score (nSPS) is 11.1. The molecule has 0 aromatic carbocycles. The third kappa shape index (κ3) is 2.34. The standard InChI is InChI=1S/C12H14BrN3O/c1-6(2)10-9(13)11(14)16-12(15-10)8-5-4-7(3)17-8/h4-6H,1-3H3,(H2,14,15,16). The average molecular weight is 296 g/mol. The van der Waals surface area contributed by atoms with Crippen molar-refractivity contribution in [2.45, 2.75) is 26.7 Å². The number of nitrogens with two attached hydrogens (primary N) is 1. The van der Waals surface area contributed by atoms with Crippen molar-refractivity contribution >= 4 is 21.7 Å². The highest BCUT2D eigenvalue weighted by Crippen LogP contribution is 2.30. The Morgan fingerprint density at radius 2 is 2.00 bits per heavy atom. The van der Waals surface area contributed by atoms with Crippen LogP contribution in [0.2, 0.25) is 0 Å². The van der Waals surface area contributed by atoms with Crippen LogP contribution in [-0.2, 0) is 0 Å². The van der Waals surface area contributed by atoms with Gasteiger partial charge in [-0.05, 0) is 40.9 Å². The lowest BCUT2D eigenvalue weighted by Crippen LogP contribution is -2.03. The van der Waals surface area contributed by atoms with Gasteiger partial charge in [0.15, 0.2) is 11.6 Å². The summed E-state index contributed by atoms with van der Waals surface area (Å²) in [5, 5.41) is 0. The highest BCUT2D eigenvalue weighted by atomic mass is 79.9. The van der Waals surface area contributed by atoms with Crippen LogP contribution in [0.4, 0.5) is 5.82 Å². The number of rotatable bonds is 2. The van der Waals surface area contributed by atoms with Gasteiger partial charge in [0.2, 0.25) is 0 Å². The van der Waals surface area contributed by atoms with Crippen LogP contribution in [0.3, 0.4) is 0 Å². The zero-order valence-electron chi connectivity index (χ0n) is 9.99. The van der Waals surface area contributed by atoms with E-state index in [2.05, 4.69) is 39.7 Å². The van der Waals surface area contributed by atoms with Crippen molar-refractivity contribution in [2.24, 2.45) is 0 Å². The molecule has 2 N–H and O–H groups in total. The third-order valence-electron chi connectivity index (χ3n) is 2.41. The van der Waals surface area contributed by atoms with E-state index in [4.69, 9.17) is 10.2 Å². The van der Waals surface area contributed by atoms with E-state index >= 15 is 0 Å². The molecule has 2 heterocycles. The molecule has 0 aliphatic heterocycles. The van der Waals surface area contributed by atoms with Crippen molar-refractivity contribution in [3.05, 3.63) is 28.1 Å². The van der Waals surface area contributed by atoms with Crippen molar-refractivity contribution in [2.75, 3.05) is 5.73 Å². The predicted octanol–water partition coefficient (Wildman–Crippen LogP) is 3.51. The van der Waals surface area contributed by atoms with E-state index in [0.29, 0.717) is 17.4 Å². The fourth-order valence-corrected chi connectivity index (χ4v) is 2.17. The highest BCUT2D eigenvalue weighted by Gasteiger charge is 2.15. The summed E-state index contributed by atoms with van der Waals surface area (Å²) in [4.78, 5) is 8.71. The Morgan fingerprint density at radius 3 is 2.53 bits per heavy atom. The van der Waals surface area contributed by atoms with Crippen LogP contribution in [0.1, 0.15) is 31.2 Å². The smallest absolute Gasteiger partial charge is 0.197 e. The molecule has 0 fully saturated rings. The number of anilines is 1. The molecule has 0 aliphatic carbocycles. The molecule has 0 spiro atoms. The lowest BCUT2D eigenvalue weighted by Gasteiger charge is -2.10. The summed E-state index contributed by atoms with van der Waals surface area (Å²) < 4.78 is 6.27. The van der Waals surface area contributed by atoms with Crippen LogP contribution in [0, 0.1) is 6.92 Å². The lowest BCUT2D eigenvalue weighted by molar-refractivity contribution is 0.543. The van der Waals surface area contributed by atoms with Crippen LogP contribution < -0.4 is 5.73 Å². The Morgan fingerprint density at radius 1 is 1.29 bits per heavy atom. The number of furan rings is 1. The van der Waals surface area contributed by atoms with Crippen molar-refractivity contribution in [1.82, 2.24) is 9.97 Å². The van der Waals surface area contributed by atoms with Gasteiger partial charge in [0.05, 0.1) is 10.2 Å². The van der Waals surface area contributed by atoms with Gasteiger partial charge in [-0.25, -0.2) is 9.97 Å². The Labute approximate surface area is 108 Å². The summed E-state index contributed by atoms with van der Waals surface area (Å²) in [5.74, 6) is 2.71. The second-order valence-electron chi connectivity index (χ2n) is 4.20. The number of hydrogen-bond acceptors (Lipinski definition) is 4. The van der Waals surface area contributed by atoms with E-state index in [1.807, 2.05) is 19.1 Å². The van der Waals surface area contributed by atoms with Gasteiger partial charge in [-0.2, -0.15) is 0 Å². The molecule has 0 saturated heterocycles. The van der Waals surface area contributed by atoms with Crippen LogP contribution in [0.15, 0.2) is 21.0 Å². The maximum absolute atomic E-state index is 5.86. The highest BCUT2D eigenvalue weighted by molar-refractivity contribution is 9.10. The van der Waals surface area contributed by atoms with Gasteiger partial charge in [0.25, 0.3) is 0 Å². The van der Waals surface area contributed by atoms with Gasteiger partial charge in [-0.3, -0.25) is 0 Å². The van der Waals surface area contributed by atoms with Crippen molar-refractivity contribution in [1.29, 1.82) is 0 Å². The number of hydrogen-bond donors (Lipinski definition) is 1. The number of aryl methyl sites for hydroxylation is 1. The average Bonchev–Trinajstić information content (AvgIpc) is 2.68. The van der Waals surface area contributed by atoms with Gasteiger partial charge < -0.3 is 10.2 Å². The first kappa shape index (κ1) is 12.1. The van der Waals surface area contributed by atoms with Gasteiger partial charge in [0, 0.05) is 0 Å². The minimum atomic E-state index is 0.268. The molecule has 0 radical (unpaired) electrons. The number of aromatic nitrogens is 2. The van der Waals surface area contributed by atoms with Crippen molar-refractivity contribution in [3.8, 4) is 11.6 Å². The molecule has 5 heteroatoms. The van der Waals surface area contributed by atoms with Crippen molar-refractivity contribution < 1.29 is 4.42 Å². The summed E-state index contributed by atoms with van der Waals surface area (Å²) in [6, 6.07) is 3.73. The van der Waals surface area contributed by atoms with Crippen LogP contribution in [-0.4, -0.2) is 9.97 Å². The summed E-state index contributed by atoms with van der Waals surface area (Å²) in [5.41, 5.74) is 6.75. The lowest BCUT2D eigenvalue weighted by atomic mass is 10.1. The topological polar surface area (TPSA) is 64.9 Å². The first-order chi connectivity index (χ1) is 7.99. The molecule has 2 rings (SSSR count). The largest absolute Gasteiger partial charge is 0.458 e. The van der Waals surface area contributed by atoms with Gasteiger partial charge in [-0.1, -0.05) is 13.8 Å². The Hall–Kier alpha value is -1.36. The molecule has 0 unspecified atom stereocenters. The monoisotopic (exact) mass is 295 g/mol. The summed E-state index contributed by atoms with van der Waals surface area (Å²) >= 11 is 3.41. The SMILES string of the molecule is Cc1ccc(-c2nc(N)c(Br)c(C(C)C)n2)o1. The van der Waals surface area contributed by atoms with E-state index in [-0.39, 0.29) is 5.92 Å². The molecule has 2 aromatic rings. The summed E-state index contributed by atoms with van der Waals surface area (Å²) in [6.45, 7) is 6.00. The molecule has 0 bridgehead atoms. The first-order valence-corrected chi connectivity index (χ1v) is 6.18. The Kier molecular flexibility index (Phi) is 3.19. The maximum atomic E-state index is 5.86. The zero-order chi connectivity index (χ0) is 12.6. The third-order valence-corrected chi connectivity index (χ3v) is 3.22. The van der Waals surface area contributed by atoms with Crippen LogP contribution in [0.5, 0.6) is 0 Å². The number of halogens is 1. The minimum absolute atomic E-state index is 0.268. The van der Waals surface area contributed by atoms with E-state index in [1.165, 1.54) is 0 Å². The second kappa shape index (κ2) is 4.49. The fraction of sp³-hybridized carbons (Fsp3) is 0.333. The molecule has 4 nitrogen and oxygen atoms in total. The molecular weight excluding hydrogens is 282 g/mol. The number of nitrogens with zero attached hydrogens (tertiary/aromatic N) is 2. The maximum Gasteiger partial charge on any atom is 0.197 e. The molecule has 0 atom stereocenters. The van der Waals surface area contributed by atoms with Gasteiger partial charge in [0.1, 0.15) is 11.6 Å². The fourth-order valence-electron chi connectivity index (χ4n) is 1.53. The van der Waals surface area contributed by atoms with Gasteiger partial charge >= 0.3 is 0 Å². The summed E-state index contributed by atoms with van der Waals surface area (Å²) in [6.07, 6.45) is 0.